The van der Waals surface area contributed by atoms with Crippen LogP contribution < -0.4 is 0 Å². The molecular formula is C18H16N2O2. The number of hydrogen-bond donors (Lipinski definition) is 0. The summed E-state index contributed by atoms with van der Waals surface area (Å²) >= 11 is 0. The predicted molar refractivity (Wildman–Crippen MR) is 87.0 cm³/mol. The van der Waals surface area contributed by atoms with Crippen molar-refractivity contribution in [3.63, 3.8) is 0 Å². The molecule has 2 aromatic rings. The number of carbonyl (C=O) groups excluding carboxylic acids is 1. The first-order valence-corrected chi connectivity index (χ1v) is 6.95. The lowest BCUT2D eigenvalue weighted by Crippen LogP contribution is -2.05. The van der Waals surface area contributed by atoms with Crippen molar-refractivity contribution in [2.24, 2.45) is 9.98 Å². The first-order valence-electron chi connectivity index (χ1n) is 6.95. The lowest BCUT2D eigenvalue weighted by Gasteiger charge is -2.00. The zero-order chi connectivity index (χ0) is 15.6. The fraction of sp³-hybridized carbons (Fsp3) is 0.111. The molecule has 4 heteroatoms. The van der Waals surface area contributed by atoms with Gasteiger partial charge in [-0.2, -0.15) is 9.98 Å². The Morgan fingerprint density at radius 3 is 2.36 bits per heavy atom. The van der Waals surface area contributed by atoms with E-state index >= 15 is 0 Å². The molecule has 0 spiro atoms. The zero-order valence-electron chi connectivity index (χ0n) is 12.3. The van der Waals surface area contributed by atoms with E-state index in [0.717, 1.165) is 5.56 Å². The van der Waals surface area contributed by atoms with E-state index in [-0.39, 0.29) is 12.3 Å². The smallest absolute Gasteiger partial charge is 0.357 e. The normalized spacial score (nSPS) is 10.5. The van der Waals surface area contributed by atoms with E-state index in [9.17, 15) is 4.79 Å². The van der Waals surface area contributed by atoms with Gasteiger partial charge in [-0.05, 0) is 30.7 Å². The number of benzene rings is 2. The van der Waals surface area contributed by atoms with Gasteiger partial charge in [0, 0.05) is 0 Å². The van der Waals surface area contributed by atoms with Crippen LogP contribution in [0.15, 0.2) is 76.3 Å². The fourth-order valence-corrected chi connectivity index (χ4v) is 1.69. The summed E-state index contributed by atoms with van der Waals surface area (Å²) in [4.78, 5) is 20.0. The summed E-state index contributed by atoms with van der Waals surface area (Å²) in [7, 11) is 0. The number of esters is 1. The van der Waals surface area contributed by atoms with E-state index in [1.165, 1.54) is 0 Å². The number of para-hydroxylation sites is 1. The van der Waals surface area contributed by atoms with Crippen LogP contribution in [0.5, 0.6) is 0 Å². The summed E-state index contributed by atoms with van der Waals surface area (Å²) in [6.07, 6.45) is 1.64. The number of ether oxygens (including phenoxy) is 1. The van der Waals surface area contributed by atoms with E-state index in [0.29, 0.717) is 5.69 Å². The molecule has 0 aliphatic carbocycles. The van der Waals surface area contributed by atoms with Gasteiger partial charge in [0.1, 0.15) is 6.01 Å². The maximum atomic E-state index is 11.9. The summed E-state index contributed by atoms with van der Waals surface area (Å²) in [5.74, 6) is -0.498. The Labute approximate surface area is 129 Å². The molecule has 0 bridgehead atoms. The molecule has 0 atom stereocenters. The highest BCUT2D eigenvalue weighted by molar-refractivity contribution is 5.94. The van der Waals surface area contributed by atoms with E-state index < -0.39 is 5.97 Å². The maximum Gasteiger partial charge on any atom is 0.357 e. The van der Waals surface area contributed by atoms with Crippen LogP contribution in [0.25, 0.3) is 6.08 Å². The van der Waals surface area contributed by atoms with Crippen molar-refractivity contribution in [2.75, 3.05) is 6.61 Å². The second-order valence-electron chi connectivity index (χ2n) is 4.32. The van der Waals surface area contributed by atoms with Crippen molar-refractivity contribution in [3.05, 3.63) is 71.9 Å². The van der Waals surface area contributed by atoms with Gasteiger partial charge in [-0.15, -0.1) is 0 Å². The van der Waals surface area contributed by atoms with Gasteiger partial charge in [-0.3, -0.25) is 0 Å². The Morgan fingerprint density at radius 1 is 1.09 bits per heavy atom. The number of rotatable bonds is 5. The Bertz CT molecular complexity index is 700. The molecule has 0 unspecified atom stereocenters. The van der Waals surface area contributed by atoms with Gasteiger partial charge in [0.2, 0.25) is 0 Å². The molecule has 0 saturated heterocycles. The zero-order valence-corrected chi connectivity index (χ0v) is 12.3. The standard InChI is InChI=1S/C18H16N2O2/c1-2-22-18(21)17(13-15-9-5-3-6-10-15)20-14-19-16-11-7-4-8-12-16/h3-13H,2H2,1H3/b17-13-. The first kappa shape index (κ1) is 15.4. The molecule has 0 aromatic heterocycles. The minimum absolute atomic E-state index is 0.160. The van der Waals surface area contributed by atoms with E-state index in [1.807, 2.05) is 60.7 Å². The second-order valence-corrected chi connectivity index (χ2v) is 4.32. The monoisotopic (exact) mass is 292 g/mol. The van der Waals surface area contributed by atoms with Crippen LogP contribution >= 0.6 is 0 Å². The molecule has 0 aliphatic rings. The third kappa shape index (κ3) is 4.85. The molecule has 4 nitrogen and oxygen atoms in total. The Morgan fingerprint density at radius 2 is 1.73 bits per heavy atom. The van der Waals surface area contributed by atoms with Crippen LogP contribution in [0.3, 0.4) is 0 Å². The summed E-state index contributed by atoms with van der Waals surface area (Å²) in [6.45, 7) is 2.04. The van der Waals surface area contributed by atoms with Crippen molar-refractivity contribution in [1.82, 2.24) is 0 Å². The van der Waals surface area contributed by atoms with Crippen LogP contribution in [-0.2, 0) is 9.53 Å². The summed E-state index contributed by atoms with van der Waals surface area (Å²) in [5, 5.41) is 0. The summed E-state index contributed by atoms with van der Waals surface area (Å²) in [6, 6.07) is 21.3. The van der Waals surface area contributed by atoms with Crippen molar-refractivity contribution >= 4 is 23.7 Å². The van der Waals surface area contributed by atoms with Gasteiger partial charge >= 0.3 is 5.97 Å². The SMILES string of the molecule is CCOC(=O)/C(=C/c1ccccc1)N=C=Nc1ccccc1. The lowest BCUT2D eigenvalue weighted by molar-refractivity contribution is -0.138. The number of aliphatic imine (C=N–C) groups is 2. The molecule has 0 heterocycles. The van der Waals surface area contributed by atoms with Gasteiger partial charge in [0.15, 0.2) is 5.70 Å². The maximum absolute atomic E-state index is 11.9. The van der Waals surface area contributed by atoms with Gasteiger partial charge in [-0.25, -0.2) is 4.79 Å². The average molecular weight is 292 g/mol. The molecular weight excluding hydrogens is 276 g/mol. The quantitative estimate of drug-likeness (QED) is 0.473. The summed E-state index contributed by atoms with van der Waals surface area (Å²) < 4.78 is 5.00. The molecule has 2 rings (SSSR count). The molecule has 0 radical (unpaired) electrons. The van der Waals surface area contributed by atoms with Gasteiger partial charge < -0.3 is 4.74 Å². The van der Waals surface area contributed by atoms with Gasteiger partial charge in [0.05, 0.1) is 12.3 Å². The highest BCUT2D eigenvalue weighted by Gasteiger charge is 2.08. The number of nitrogens with zero attached hydrogens (tertiary/aromatic N) is 2. The third-order valence-corrected chi connectivity index (χ3v) is 2.69. The topological polar surface area (TPSA) is 51.0 Å². The molecule has 110 valence electrons. The highest BCUT2D eigenvalue weighted by Crippen LogP contribution is 2.11. The number of hydrogen-bond acceptors (Lipinski definition) is 4. The number of carbonyl (C=O) groups is 1. The molecule has 0 fully saturated rings. The lowest BCUT2D eigenvalue weighted by atomic mass is 10.2. The van der Waals surface area contributed by atoms with E-state index in [2.05, 4.69) is 16.0 Å². The Hall–Kier alpha value is -2.97. The van der Waals surface area contributed by atoms with Crippen molar-refractivity contribution in [1.29, 1.82) is 0 Å². The molecule has 0 saturated carbocycles. The van der Waals surface area contributed by atoms with Crippen LogP contribution in [0.1, 0.15) is 12.5 Å². The van der Waals surface area contributed by atoms with E-state index in [4.69, 9.17) is 4.74 Å². The van der Waals surface area contributed by atoms with Crippen LogP contribution in [0.4, 0.5) is 5.69 Å². The second kappa shape index (κ2) is 8.35. The van der Waals surface area contributed by atoms with Crippen molar-refractivity contribution in [3.8, 4) is 0 Å². The molecule has 0 aliphatic heterocycles. The largest absolute Gasteiger partial charge is 0.461 e. The first-order chi connectivity index (χ1) is 10.8. The fourth-order valence-electron chi connectivity index (χ4n) is 1.69. The molecule has 0 N–H and O–H groups in total. The van der Waals surface area contributed by atoms with E-state index in [1.54, 1.807) is 13.0 Å². The Balaban J connectivity index is 2.27. The predicted octanol–water partition coefficient (Wildman–Crippen LogP) is 4.10. The van der Waals surface area contributed by atoms with Crippen molar-refractivity contribution in [2.45, 2.75) is 6.92 Å². The molecule has 22 heavy (non-hydrogen) atoms. The summed E-state index contributed by atoms with van der Waals surface area (Å²) in [5.41, 5.74) is 1.73. The minimum atomic E-state index is -0.498. The average Bonchev–Trinajstić information content (AvgIpc) is 2.56. The van der Waals surface area contributed by atoms with Crippen LogP contribution in [0.2, 0.25) is 0 Å². The molecule has 2 aromatic carbocycles. The van der Waals surface area contributed by atoms with Crippen LogP contribution in [0, 0.1) is 0 Å². The van der Waals surface area contributed by atoms with Crippen LogP contribution in [-0.4, -0.2) is 18.6 Å². The van der Waals surface area contributed by atoms with Crippen molar-refractivity contribution < 1.29 is 9.53 Å². The highest BCUT2D eigenvalue weighted by atomic mass is 16.5. The van der Waals surface area contributed by atoms with Gasteiger partial charge in [-0.1, -0.05) is 48.5 Å². The third-order valence-electron chi connectivity index (χ3n) is 2.69. The molecule has 0 amide bonds. The van der Waals surface area contributed by atoms with Gasteiger partial charge in [0.25, 0.3) is 0 Å². The minimum Gasteiger partial charge on any atom is -0.461 e. The Kier molecular flexibility index (Phi) is 5.85.